The first-order chi connectivity index (χ1) is 10.6. The predicted molar refractivity (Wildman–Crippen MR) is 76.5 cm³/mol. The molecule has 1 aromatic heterocycles. The average molecular weight is 290 g/mol. The van der Waals surface area contributed by atoms with Gasteiger partial charge in [0, 0.05) is 36.4 Å². The summed E-state index contributed by atoms with van der Waals surface area (Å²) in [5, 5.41) is 29.6. The molecule has 1 aliphatic carbocycles. The van der Waals surface area contributed by atoms with E-state index in [2.05, 4.69) is 17.1 Å². The van der Waals surface area contributed by atoms with Gasteiger partial charge in [-0.05, 0) is 17.2 Å². The van der Waals surface area contributed by atoms with E-state index < -0.39 is 10.3 Å². The number of nitro groups is 1. The van der Waals surface area contributed by atoms with Crippen LogP contribution in [0.2, 0.25) is 0 Å². The summed E-state index contributed by atoms with van der Waals surface area (Å²) in [6.07, 6.45) is 3.28. The third-order valence-corrected chi connectivity index (χ3v) is 4.08. The van der Waals surface area contributed by atoms with Crippen molar-refractivity contribution in [2.75, 3.05) is 0 Å². The number of aromatic nitrogens is 1. The van der Waals surface area contributed by atoms with Gasteiger partial charge in [-0.25, -0.2) is 0 Å². The van der Waals surface area contributed by atoms with E-state index in [1.54, 1.807) is 30.6 Å². The Hall–Kier alpha value is -3.25. The van der Waals surface area contributed by atoms with Crippen LogP contribution in [0.3, 0.4) is 0 Å². The molecule has 0 unspecified atom stereocenters. The van der Waals surface area contributed by atoms with Gasteiger partial charge in [-0.1, -0.05) is 18.2 Å². The lowest BCUT2D eigenvalue weighted by Gasteiger charge is -1.99. The predicted octanol–water partition coefficient (Wildman–Crippen LogP) is 2.90. The summed E-state index contributed by atoms with van der Waals surface area (Å²) in [5.41, 5.74) is 0.428. The SMILES string of the molecule is N#CC1(C#N)[C@@H](c2ccc([N+](=O)[O-])cc2)[C@@H]1c1cccnc1. The van der Waals surface area contributed by atoms with Gasteiger partial charge >= 0.3 is 0 Å². The number of rotatable bonds is 3. The summed E-state index contributed by atoms with van der Waals surface area (Å²) < 4.78 is 0. The first-order valence-electron chi connectivity index (χ1n) is 6.61. The minimum Gasteiger partial charge on any atom is -0.264 e. The van der Waals surface area contributed by atoms with E-state index >= 15 is 0 Å². The Morgan fingerprint density at radius 3 is 2.23 bits per heavy atom. The van der Waals surface area contributed by atoms with E-state index in [1.165, 1.54) is 12.1 Å². The highest BCUT2D eigenvalue weighted by atomic mass is 16.6. The number of nitrogens with zero attached hydrogens (tertiary/aromatic N) is 4. The van der Waals surface area contributed by atoms with Gasteiger partial charge in [-0.3, -0.25) is 15.1 Å². The number of hydrogen-bond acceptors (Lipinski definition) is 5. The quantitative estimate of drug-likeness (QED) is 0.638. The zero-order valence-electron chi connectivity index (χ0n) is 11.4. The Morgan fingerprint density at radius 1 is 1.09 bits per heavy atom. The molecular formula is C16H10N4O2. The van der Waals surface area contributed by atoms with Crippen molar-refractivity contribution in [2.24, 2.45) is 5.41 Å². The molecule has 0 radical (unpaired) electrons. The maximum Gasteiger partial charge on any atom is 0.269 e. The second-order valence-corrected chi connectivity index (χ2v) is 5.18. The minimum absolute atomic E-state index is 0.0122. The van der Waals surface area contributed by atoms with E-state index in [-0.39, 0.29) is 17.5 Å². The van der Waals surface area contributed by atoms with Crippen LogP contribution in [-0.4, -0.2) is 9.91 Å². The molecule has 0 bridgehead atoms. The van der Waals surface area contributed by atoms with Gasteiger partial charge in [0.05, 0.1) is 17.1 Å². The molecule has 1 aromatic carbocycles. The van der Waals surface area contributed by atoms with Crippen LogP contribution < -0.4 is 0 Å². The van der Waals surface area contributed by atoms with Crippen molar-refractivity contribution >= 4 is 5.69 Å². The first kappa shape index (κ1) is 13.7. The van der Waals surface area contributed by atoms with Crippen molar-refractivity contribution in [3.05, 3.63) is 70.0 Å². The fourth-order valence-electron chi connectivity index (χ4n) is 2.97. The number of nitriles is 2. The van der Waals surface area contributed by atoms with Crippen molar-refractivity contribution in [1.29, 1.82) is 10.5 Å². The summed E-state index contributed by atoms with van der Waals surface area (Å²) in [7, 11) is 0. The molecule has 0 amide bonds. The molecule has 0 aliphatic heterocycles. The largest absolute Gasteiger partial charge is 0.269 e. The Balaban J connectivity index is 2.01. The highest BCUT2D eigenvalue weighted by Crippen LogP contribution is 2.69. The zero-order valence-corrected chi connectivity index (χ0v) is 11.4. The lowest BCUT2D eigenvalue weighted by atomic mass is 10.0. The molecule has 106 valence electrons. The summed E-state index contributed by atoms with van der Waals surface area (Å²) in [6, 6.07) is 13.9. The molecule has 6 nitrogen and oxygen atoms in total. The summed E-state index contributed by atoms with van der Waals surface area (Å²) in [5.74, 6) is -0.565. The zero-order chi connectivity index (χ0) is 15.7. The van der Waals surface area contributed by atoms with Crippen LogP contribution in [-0.2, 0) is 0 Å². The molecule has 2 aromatic rings. The standard InChI is InChI=1S/C16H10N4O2/c17-9-16(10-18)14(15(16)12-2-1-7-19-8-12)11-3-5-13(6-4-11)20(21)22/h1-8,14-15H/t14-,15-/m0/s1. The molecule has 1 heterocycles. The molecule has 0 saturated heterocycles. The summed E-state index contributed by atoms with van der Waals surface area (Å²) in [6.45, 7) is 0. The van der Waals surface area contributed by atoms with Crippen LogP contribution >= 0.6 is 0 Å². The van der Waals surface area contributed by atoms with E-state index in [4.69, 9.17) is 0 Å². The van der Waals surface area contributed by atoms with Crippen LogP contribution in [0.25, 0.3) is 0 Å². The molecule has 3 rings (SSSR count). The molecule has 22 heavy (non-hydrogen) atoms. The van der Waals surface area contributed by atoms with Gasteiger partial charge in [0.15, 0.2) is 5.41 Å². The lowest BCUT2D eigenvalue weighted by molar-refractivity contribution is -0.384. The molecule has 1 aliphatic rings. The van der Waals surface area contributed by atoms with E-state index in [0.717, 1.165) is 11.1 Å². The molecular weight excluding hydrogens is 280 g/mol. The van der Waals surface area contributed by atoms with Crippen molar-refractivity contribution in [1.82, 2.24) is 4.98 Å². The minimum atomic E-state index is -1.14. The highest BCUT2D eigenvalue weighted by Gasteiger charge is 2.67. The monoisotopic (exact) mass is 290 g/mol. The van der Waals surface area contributed by atoms with Crippen LogP contribution in [0.4, 0.5) is 5.69 Å². The van der Waals surface area contributed by atoms with E-state index in [9.17, 15) is 20.6 Å². The Labute approximate surface area is 126 Å². The molecule has 1 saturated carbocycles. The normalized spacial score (nSPS) is 21.4. The second kappa shape index (κ2) is 4.94. The van der Waals surface area contributed by atoms with Crippen molar-refractivity contribution in [2.45, 2.75) is 11.8 Å². The molecule has 2 atom stereocenters. The number of non-ortho nitro benzene ring substituents is 1. The summed E-state index contributed by atoms with van der Waals surface area (Å²) in [4.78, 5) is 14.3. The maximum atomic E-state index is 10.7. The number of hydrogen-bond donors (Lipinski definition) is 0. The molecule has 0 N–H and O–H groups in total. The Kier molecular flexibility index (Phi) is 3.08. The van der Waals surface area contributed by atoms with Gasteiger partial charge in [0.25, 0.3) is 5.69 Å². The smallest absolute Gasteiger partial charge is 0.264 e. The third kappa shape index (κ3) is 1.90. The molecule has 6 heteroatoms. The van der Waals surface area contributed by atoms with Crippen molar-refractivity contribution in [3.63, 3.8) is 0 Å². The van der Waals surface area contributed by atoms with Crippen molar-refractivity contribution < 1.29 is 4.92 Å². The highest BCUT2D eigenvalue weighted by molar-refractivity contribution is 5.53. The van der Waals surface area contributed by atoms with Gasteiger partial charge in [0.1, 0.15) is 0 Å². The number of nitro benzene ring substituents is 1. The van der Waals surface area contributed by atoms with Crippen LogP contribution in [0.1, 0.15) is 23.0 Å². The fourth-order valence-corrected chi connectivity index (χ4v) is 2.97. The van der Waals surface area contributed by atoms with Gasteiger partial charge < -0.3 is 0 Å². The van der Waals surface area contributed by atoms with E-state index in [1.807, 2.05) is 6.07 Å². The van der Waals surface area contributed by atoms with Gasteiger partial charge in [0.2, 0.25) is 0 Å². The van der Waals surface area contributed by atoms with Crippen LogP contribution in [0.15, 0.2) is 48.8 Å². The lowest BCUT2D eigenvalue weighted by Crippen LogP contribution is -1.97. The molecule has 0 spiro atoms. The Morgan fingerprint density at radius 2 is 1.73 bits per heavy atom. The van der Waals surface area contributed by atoms with Gasteiger partial charge in [-0.15, -0.1) is 0 Å². The third-order valence-electron chi connectivity index (χ3n) is 4.08. The van der Waals surface area contributed by atoms with E-state index in [0.29, 0.717) is 0 Å². The van der Waals surface area contributed by atoms with Gasteiger partial charge in [-0.2, -0.15) is 10.5 Å². The molecule has 1 fully saturated rings. The second-order valence-electron chi connectivity index (χ2n) is 5.18. The topological polar surface area (TPSA) is 104 Å². The summed E-state index contributed by atoms with van der Waals surface area (Å²) >= 11 is 0. The number of benzene rings is 1. The van der Waals surface area contributed by atoms with Crippen LogP contribution in [0, 0.1) is 38.2 Å². The van der Waals surface area contributed by atoms with Crippen LogP contribution in [0.5, 0.6) is 0 Å². The number of pyridine rings is 1. The van der Waals surface area contributed by atoms with Crippen molar-refractivity contribution in [3.8, 4) is 12.1 Å². The maximum absolute atomic E-state index is 10.7. The first-order valence-corrected chi connectivity index (χ1v) is 6.61. The fraction of sp³-hybridized carbons (Fsp3) is 0.188. The Bertz CT molecular complexity index is 789. The average Bonchev–Trinajstić information content (AvgIpc) is 3.25.